The second kappa shape index (κ2) is 10.3. The van der Waals surface area contributed by atoms with Gasteiger partial charge < -0.3 is 29.3 Å². The SMILES string of the molecule is COc1cc2nc(-c3ccc(C)o3)cc(NC3CC4(CCN(c5ncc(CNO)cn5)CC4)C3)c2cc1OC. The molecular weight excluding hydrogens is 496 g/mol. The van der Waals surface area contributed by atoms with Crippen LogP contribution in [0.1, 0.15) is 37.0 Å². The first kappa shape index (κ1) is 25.4. The van der Waals surface area contributed by atoms with E-state index in [0.717, 1.165) is 84.1 Å². The molecule has 1 aliphatic heterocycles. The number of pyridine rings is 1. The summed E-state index contributed by atoms with van der Waals surface area (Å²) < 4.78 is 17.0. The molecule has 204 valence electrons. The van der Waals surface area contributed by atoms with E-state index in [4.69, 9.17) is 24.1 Å². The molecule has 0 amide bonds. The molecule has 4 aromatic rings. The Balaban J connectivity index is 1.18. The first-order valence-corrected chi connectivity index (χ1v) is 13.3. The Hall–Kier alpha value is -3.89. The Labute approximate surface area is 227 Å². The van der Waals surface area contributed by atoms with Gasteiger partial charge in [-0.15, -0.1) is 0 Å². The molecule has 2 aliphatic rings. The van der Waals surface area contributed by atoms with Crippen molar-refractivity contribution in [1.29, 1.82) is 0 Å². The third kappa shape index (κ3) is 4.97. The number of ether oxygens (including phenoxy) is 2. The number of nitrogens with one attached hydrogen (secondary N) is 2. The molecule has 4 heterocycles. The zero-order chi connectivity index (χ0) is 27.0. The Morgan fingerprint density at radius 1 is 1.05 bits per heavy atom. The van der Waals surface area contributed by atoms with Gasteiger partial charge in [0.25, 0.3) is 0 Å². The fourth-order valence-corrected chi connectivity index (χ4v) is 5.96. The molecule has 3 N–H and O–H groups in total. The number of anilines is 2. The highest BCUT2D eigenvalue weighted by molar-refractivity contribution is 5.95. The average molecular weight is 531 g/mol. The van der Waals surface area contributed by atoms with E-state index in [1.54, 1.807) is 26.6 Å². The van der Waals surface area contributed by atoms with Gasteiger partial charge >= 0.3 is 0 Å². The number of aryl methyl sites for hydroxylation is 1. The number of benzene rings is 1. The third-order valence-electron chi connectivity index (χ3n) is 8.11. The number of methoxy groups -OCH3 is 2. The maximum Gasteiger partial charge on any atom is 0.225 e. The van der Waals surface area contributed by atoms with E-state index in [2.05, 4.69) is 31.7 Å². The second-order valence-electron chi connectivity index (χ2n) is 10.7. The molecule has 0 radical (unpaired) electrons. The summed E-state index contributed by atoms with van der Waals surface area (Å²) in [5, 5.41) is 13.7. The number of hydrogen-bond acceptors (Lipinski definition) is 10. The Kier molecular flexibility index (Phi) is 6.74. The highest BCUT2D eigenvalue weighted by atomic mass is 16.5. The highest BCUT2D eigenvalue weighted by Gasteiger charge is 2.46. The lowest BCUT2D eigenvalue weighted by atomic mass is 9.60. The van der Waals surface area contributed by atoms with Crippen LogP contribution in [0.4, 0.5) is 11.6 Å². The second-order valence-corrected chi connectivity index (χ2v) is 10.7. The number of rotatable bonds is 8. The van der Waals surface area contributed by atoms with E-state index < -0.39 is 0 Å². The summed E-state index contributed by atoms with van der Waals surface area (Å²) in [7, 11) is 3.29. The summed E-state index contributed by atoms with van der Waals surface area (Å²) in [6.07, 6.45) is 8.01. The van der Waals surface area contributed by atoms with E-state index in [1.165, 1.54) is 0 Å². The Morgan fingerprint density at radius 3 is 2.41 bits per heavy atom. The predicted molar refractivity (Wildman–Crippen MR) is 148 cm³/mol. The molecule has 3 aromatic heterocycles. The van der Waals surface area contributed by atoms with Crippen LogP contribution in [-0.2, 0) is 6.54 Å². The van der Waals surface area contributed by atoms with Crippen molar-refractivity contribution in [3.63, 3.8) is 0 Å². The average Bonchev–Trinajstić information content (AvgIpc) is 3.38. The minimum absolute atomic E-state index is 0.341. The van der Waals surface area contributed by atoms with Gasteiger partial charge in [-0.1, -0.05) is 0 Å². The number of fused-ring (bicyclic) bond motifs is 1. The monoisotopic (exact) mass is 530 g/mol. The van der Waals surface area contributed by atoms with Crippen molar-refractivity contribution in [3.8, 4) is 23.0 Å². The molecule has 0 bridgehead atoms. The van der Waals surface area contributed by atoms with Gasteiger partial charge in [0, 0.05) is 60.8 Å². The lowest BCUT2D eigenvalue weighted by Gasteiger charge is -2.52. The molecular formula is C29H34N6O4. The summed E-state index contributed by atoms with van der Waals surface area (Å²) in [5.74, 6) is 3.68. The van der Waals surface area contributed by atoms with Crippen LogP contribution in [-0.4, -0.2) is 53.5 Å². The molecule has 1 saturated heterocycles. The van der Waals surface area contributed by atoms with E-state index in [1.807, 2.05) is 31.2 Å². The lowest BCUT2D eigenvalue weighted by molar-refractivity contribution is 0.0797. The predicted octanol–water partition coefficient (Wildman–Crippen LogP) is 4.95. The van der Waals surface area contributed by atoms with E-state index in [-0.39, 0.29) is 0 Å². The molecule has 0 atom stereocenters. The van der Waals surface area contributed by atoms with Crippen molar-refractivity contribution in [2.24, 2.45) is 5.41 Å². The number of nitrogens with zero attached hydrogens (tertiary/aromatic N) is 4. The van der Waals surface area contributed by atoms with Gasteiger partial charge in [0.15, 0.2) is 17.3 Å². The molecule has 2 fully saturated rings. The molecule has 1 spiro atoms. The minimum atomic E-state index is 0.341. The first-order chi connectivity index (χ1) is 19.0. The molecule has 10 heteroatoms. The molecule has 1 aromatic carbocycles. The number of furan rings is 1. The van der Waals surface area contributed by atoms with Crippen LogP contribution < -0.4 is 25.2 Å². The zero-order valence-corrected chi connectivity index (χ0v) is 22.5. The summed E-state index contributed by atoms with van der Waals surface area (Å²) >= 11 is 0. The molecule has 39 heavy (non-hydrogen) atoms. The van der Waals surface area contributed by atoms with Crippen molar-refractivity contribution >= 4 is 22.5 Å². The van der Waals surface area contributed by atoms with Gasteiger partial charge in [0.05, 0.1) is 19.7 Å². The molecule has 0 unspecified atom stereocenters. The van der Waals surface area contributed by atoms with Crippen LogP contribution in [0.25, 0.3) is 22.4 Å². The number of aromatic nitrogens is 3. The van der Waals surface area contributed by atoms with Gasteiger partial charge in [-0.05, 0) is 62.3 Å². The van der Waals surface area contributed by atoms with Crippen LogP contribution in [0.3, 0.4) is 0 Å². The molecule has 1 aliphatic carbocycles. The number of hydroxylamine groups is 1. The van der Waals surface area contributed by atoms with Gasteiger partial charge in [-0.25, -0.2) is 20.4 Å². The zero-order valence-electron chi connectivity index (χ0n) is 22.5. The Bertz CT molecular complexity index is 1450. The lowest BCUT2D eigenvalue weighted by Crippen LogP contribution is -2.51. The van der Waals surface area contributed by atoms with Crippen molar-refractivity contribution in [1.82, 2.24) is 20.4 Å². The van der Waals surface area contributed by atoms with E-state index >= 15 is 0 Å². The normalized spacial score (nSPS) is 16.9. The van der Waals surface area contributed by atoms with Crippen LogP contribution in [0.2, 0.25) is 0 Å². The quantitative estimate of drug-likeness (QED) is 0.270. The molecule has 6 rings (SSSR count). The summed E-state index contributed by atoms with van der Waals surface area (Å²) in [6.45, 7) is 4.17. The number of hydrogen-bond donors (Lipinski definition) is 3. The minimum Gasteiger partial charge on any atom is -0.493 e. The van der Waals surface area contributed by atoms with E-state index in [9.17, 15) is 0 Å². The largest absolute Gasteiger partial charge is 0.493 e. The van der Waals surface area contributed by atoms with Crippen molar-refractivity contribution in [3.05, 3.63) is 54.0 Å². The Morgan fingerprint density at radius 2 is 1.77 bits per heavy atom. The maximum absolute atomic E-state index is 8.87. The highest BCUT2D eigenvalue weighted by Crippen LogP contribution is 2.51. The topological polar surface area (TPSA) is 118 Å². The number of piperidine rings is 1. The van der Waals surface area contributed by atoms with Crippen LogP contribution >= 0.6 is 0 Å². The summed E-state index contributed by atoms with van der Waals surface area (Å²) in [4.78, 5) is 16.1. The van der Waals surface area contributed by atoms with Crippen LogP contribution in [0.5, 0.6) is 11.5 Å². The maximum atomic E-state index is 8.87. The first-order valence-electron chi connectivity index (χ1n) is 13.3. The van der Waals surface area contributed by atoms with Gasteiger partial charge in [-0.3, -0.25) is 0 Å². The van der Waals surface area contributed by atoms with Crippen LogP contribution in [0.15, 0.2) is 47.1 Å². The van der Waals surface area contributed by atoms with Gasteiger partial charge in [0.2, 0.25) is 5.95 Å². The molecule has 10 nitrogen and oxygen atoms in total. The third-order valence-corrected chi connectivity index (χ3v) is 8.11. The fraction of sp³-hybridized carbons (Fsp3) is 0.414. The standard InChI is InChI=1S/C29H34N6O4/c1-18-4-5-25(39-18)24-11-22(21-10-26(37-2)27(38-3)12-23(21)34-24)33-20-13-29(14-20)6-8-35(9-7-29)28-30-15-19(16-31-28)17-32-36/h4-5,10-12,15-16,20,32,36H,6-9,13-14,17H2,1-3H3,(H,33,34). The van der Waals surface area contributed by atoms with Crippen LogP contribution in [0, 0.1) is 12.3 Å². The molecule has 1 saturated carbocycles. The van der Waals surface area contributed by atoms with Crippen molar-refractivity contribution in [2.45, 2.75) is 45.2 Å². The van der Waals surface area contributed by atoms with Gasteiger partial charge in [-0.2, -0.15) is 0 Å². The smallest absolute Gasteiger partial charge is 0.225 e. The van der Waals surface area contributed by atoms with Gasteiger partial charge in [0.1, 0.15) is 11.5 Å². The van der Waals surface area contributed by atoms with Crippen molar-refractivity contribution in [2.75, 3.05) is 37.5 Å². The fourth-order valence-electron chi connectivity index (χ4n) is 5.96. The van der Waals surface area contributed by atoms with E-state index in [0.29, 0.717) is 29.5 Å². The van der Waals surface area contributed by atoms with Crippen molar-refractivity contribution < 1.29 is 19.1 Å². The summed E-state index contributed by atoms with van der Waals surface area (Å²) in [6, 6.07) is 10.3. The summed E-state index contributed by atoms with van der Waals surface area (Å²) in [5.41, 5.74) is 5.98.